The van der Waals surface area contributed by atoms with Crippen molar-refractivity contribution in [1.29, 1.82) is 0 Å². The molecule has 0 fully saturated rings. The van der Waals surface area contributed by atoms with Gasteiger partial charge in [0.1, 0.15) is 12.4 Å². The third-order valence-electron chi connectivity index (χ3n) is 2.98. The molecule has 0 N–H and O–H groups in total. The molecule has 2 aromatic rings. The highest BCUT2D eigenvalue weighted by molar-refractivity contribution is 6.17. The van der Waals surface area contributed by atoms with Crippen molar-refractivity contribution < 1.29 is 4.74 Å². The highest BCUT2D eigenvalue weighted by Gasteiger charge is 2.00. The molecule has 0 aliphatic rings. The molecule has 0 saturated heterocycles. The zero-order valence-electron chi connectivity index (χ0n) is 10.7. The Morgan fingerprint density at radius 1 is 1.00 bits per heavy atom. The van der Waals surface area contributed by atoms with Crippen LogP contribution in [0.15, 0.2) is 42.5 Å². The molecule has 0 amide bonds. The maximum Gasteiger partial charge on any atom is 0.119 e. The molecule has 0 saturated carbocycles. The van der Waals surface area contributed by atoms with Gasteiger partial charge in [0.05, 0.1) is 0 Å². The van der Waals surface area contributed by atoms with Gasteiger partial charge in [-0.2, -0.15) is 0 Å². The molecule has 0 aromatic heterocycles. The minimum absolute atomic E-state index is 0.539. The Labute approximate surface area is 113 Å². The maximum atomic E-state index is 5.78. The van der Waals surface area contributed by atoms with Crippen molar-refractivity contribution in [3.63, 3.8) is 0 Å². The number of ether oxygens (including phenoxy) is 1. The number of benzene rings is 2. The Hall–Kier alpha value is -1.47. The summed E-state index contributed by atoms with van der Waals surface area (Å²) in [7, 11) is 0. The minimum Gasteiger partial charge on any atom is -0.489 e. The largest absolute Gasteiger partial charge is 0.489 e. The van der Waals surface area contributed by atoms with Gasteiger partial charge < -0.3 is 4.74 Å². The number of hydrogen-bond donors (Lipinski definition) is 0. The molecular weight excluding hydrogens is 244 g/mol. The van der Waals surface area contributed by atoms with Crippen LogP contribution in [-0.2, 0) is 12.5 Å². The standard InChI is InChI=1S/C16H17ClO/c1-12-3-4-13(2)15(9-12)11-18-16-7-5-14(10-17)6-8-16/h3-9H,10-11H2,1-2H3. The summed E-state index contributed by atoms with van der Waals surface area (Å²) in [4.78, 5) is 0. The molecule has 2 rings (SSSR count). The molecule has 18 heavy (non-hydrogen) atoms. The molecule has 94 valence electrons. The monoisotopic (exact) mass is 260 g/mol. The van der Waals surface area contributed by atoms with E-state index in [1.807, 2.05) is 24.3 Å². The average Bonchev–Trinajstić information content (AvgIpc) is 2.40. The molecule has 0 radical (unpaired) electrons. The van der Waals surface area contributed by atoms with Crippen LogP contribution in [-0.4, -0.2) is 0 Å². The molecule has 0 atom stereocenters. The number of rotatable bonds is 4. The van der Waals surface area contributed by atoms with Gasteiger partial charge in [-0.3, -0.25) is 0 Å². The third-order valence-corrected chi connectivity index (χ3v) is 3.29. The Morgan fingerprint density at radius 3 is 2.39 bits per heavy atom. The van der Waals surface area contributed by atoms with Gasteiger partial charge in [0, 0.05) is 5.88 Å². The molecule has 0 aliphatic heterocycles. The summed E-state index contributed by atoms with van der Waals surface area (Å²) in [6.07, 6.45) is 0. The van der Waals surface area contributed by atoms with E-state index in [4.69, 9.17) is 16.3 Å². The van der Waals surface area contributed by atoms with Crippen LogP contribution in [0.3, 0.4) is 0 Å². The van der Waals surface area contributed by atoms with Crippen LogP contribution in [0.4, 0.5) is 0 Å². The molecule has 0 unspecified atom stereocenters. The number of alkyl halides is 1. The summed E-state index contributed by atoms with van der Waals surface area (Å²) >= 11 is 5.75. The second kappa shape index (κ2) is 5.92. The second-order valence-corrected chi connectivity index (χ2v) is 4.76. The summed E-state index contributed by atoms with van der Waals surface area (Å²) in [6, 6.07) is 14.3. The van der Waals surface area contributed by atoms with Gasteiger partial charge in [-0.15, -0.1) is 11.6 Å². The van der Waals surface area contributed by atoms with Crippen molar-refractivity contribution in [2.24, 2.45) is 0 Å². The lowest BCUT2D eigenvalue weighted by molar-refractivity contribution is 0.305. The van der Waals surface area contributed by atoms with Crippen LogP contribution in [0.25, 0.3) is 0 Å². The SMILES string of the molecule is Cc1ccc(C)c(COc2ccc(CCl)cc2)c1. The lowest BCUT2D eigenvalue weighted by atomic mass is 10.1. The highest BCUT2D eigenvalue weighted by atomic mass is 35.5. The van der Waals surface area contributed by atoms with E-state index in [0.717, 1.165) is 11.3 Å². The highest BCUT2D eigenvalue weighted by Crippen LogP contribution is 2.17. The van der Waals surface area contributed by atoms with Gasteiger partial charge in [0.2, 0.25) is 0 Å². The zero-order valence-corrected chi connectivity index (χ0v) is 11.5. The summed E-state index contributed by atoms with van der Waals surface area (Å²) in [5, 5.41) is 0. The molecule has 0 spiro atoms. The molecule has 2 aromatic carbocycles. The quantitative estimate of drug-likeness (QED) is 0.729. The normalized spacial score (nSPS) is 10.4. The van der Waals surface area contributed by atoms with Crippen molar-refractivity contribution in [1.82, 2.24) is 0 Å². The average molecular weight is 261 g/mol. The molecule has 2 heteroatoms. The molecule has 0 heterocycles. The fourth-order valence-corrected chi connectivity index (χ4v) is 1.97. The van der Waals surface area contributed by atoms with Gasteiger partial charge in [-0.1, -0.05) is 35.9 Å². The molecule has 0 aliphatic carbocycles. The minimum atomic E-state index is 0.539. The lowest BCUT2D eigenvalue weighted by Gasteiger charge is -2.10. The fourth-order valence-electron chi connectivity index (χ4n) is 1.79. The topological polar surface area (TPSA) is 9.23 Å². The summed E-state index contributed by atoms with van der Waals surface area (Å²) in [6.45, 7) is 4.81. The van der Waals surface area contributed by atoms with E-state index in [2.05, 4.69) is 32.0 Å². The van der Waals surface area contributed by atoms with Crippen LogP contribution in [0.2, 0.25) is 0 Å². The van der Waals surface area contributed by atoms with Gasteiger partial charge in [0.25, 0.3) is 0 Å². The first-order valence-electron chi connectivity index (χ1n) is 6.03. The van der Waals surface area contributed by atoms with Gasteiger partial charge in [-0.05, 0) is 42.7 Å². The van der Waals surface area contributed by atoms with Crippen molar-refractivity contribution in [2.75, 3.05) is 0 Å². The number of hydrogen-bond acceptors (Lipinski definition) is 1. The first-order chi connectivity index (χ1) is 8.69. The second-order valence-electron chi connectivity index (χ2n) is 4.50. The van der Waals surface area contributed by atoms with E-state index >= 15 is 0 Å². The van der Waals surface area contributed by atoms with Crippen molar-refractivity contribution >= 4 is 11.6 Å². The molecular formula is C16H17ClO. The van der Waals surface area contributed by atoms with Gasteiger partial charge >= 0.3 is 0 Å². The smallest absolute Gasteiger partial charge is 0.119 e. The fraction of sp³-hybridized carbons (Fsp3) is 0.250. The van der Waals surface area contributed by atoms with Crippen LogP contribution in [0.5, 0.6) is 5.75 Å². The Balaban J connectivity index is 2.04. The van der Waals surface area contributed by atoms with Crippen LogP contribution in [0, 0.1) is 13.8 Å². The molecule has 0 bridgehead atoms. The van der Waals surface area contributed by atoms with E-state index < -0.39 is 0 Å². The Kier molecular flexibility index (Phi) is 4.27. The van der Waals surface area contributed by atoms with Crippen molar-refractivity contribution in [3.05, 3.63) is 64.7 Å². The van der Waals surface area contributed by atoms with E-state index in [1.54, 1.807) is 0 Å². The van der Waals surface area contributed by atoms with E-state index in [-0.39, 0.29) is 0 Å². The maximum absolute atomic E-state index is 5.78. The van der Waals surface area contributed by atoms with Gasteiger partial charge in [0.15, 0.2) is 0 Å². The first kappa shape index (κ1) is 13.0. The zero-order chi connectivity index (χ0) is 13.0. The number of aryl methyl sites for hydroxylation is 2. The summed E-state index contributed by atoms with van der Waals surface area (Å²) in [5.74, 6) is 1.42. The van der Waals surface area contributed by atoms with Crippen molar-refractivity contribution in [3.8, 4) is 5.75 Å². The Bertz CT molecular complexity index is 517. The van der Waals surface area contributed by atoms with E-state index in [1.165, 1.54) is 16.7 Å². The summed E-state index contributed by atoms with van der Waals surface area (Å²) in [5.41, 5.74) is 4.86. The lowest BCUT2D eigenvalue weighted by Crippen LogP contribution is -1.98. The summed E-state index contributed by atoms with van der Waals surface area (Å²) < 4.78 is 5.78. The number of halogens is 1. The van der Waals surface area contributed by atoms with Crippen LogP contribution >= 0.6 is 11.6 Å². The van der Waals surface area contributed by atoms with E-state index in [0.29, 0.717) is 12.5 Å². The predicted octanol–water partition coefficient (Wildman–Crippen LogP) is 4.62. The van der Waals surface area contributed by atoms with Crippen LogP contribution < -0.4 is 4.74 Å². The van der Waals surface area contributed by atoms with Crippen molar-refractivity contribution in [2.45, 2.75) is 26.3 Å². The first-order valence-corrected chi connectivity index (χ1v) is 6.56. The predicted molar refractivity (Wildman–Crippen MR) is 76.2 cm³/mol. The van der Waals surface area contributed by atoms with Crippen LogP contribution in [0.1, 0.15) is 22.3 Å². The van der Waals surface area contributed by atoms with Gasteiger partial charge in [-0.25, -0.2) is 0 Å². The van der Waals surface area contributed by atoms with E-state index in [9.17, 15) is 0 Å². The third kappa shape index (κ3) is 3.27. The molecule has 1 nitrogen and oxygen atoms in total. The Morgan fingerprint density at radius 2 is 1.72 bits per heavy atom.